The molecule has 0 unspecified atom stereocenters. The third kappa shape index (κ3) is 2.13. The van der Waals surface area contributed by atoms with Gasteiger partial charge in [0.2, 0.25) is 0 Å². The molecule has 3 heteroatoms. The third-order valence-electron chi connectivity index (χ3n) is 2.46. The Morgan fingerprint density at radius 2 is 1.38 bits per heavy atom. The van der Waals surface area contributed by atoms with E-state index in [4.69, 9.17) is 0 Å². The molecule has 1 aromatic rings. The van der Waals surface area contributed by atoms with Crippen molar-refractivity contribution >= 4 is 18.1 Å². The molecule has 0 fully saturated rings. The summed E-state index contributed by atoms with van der Waals surface area (Å²) in [5.41, 5.74) is 6.58. The van der Waals surface area contributed by atoms with Crippen LogP contribution < -0.4 is 5.54 Å². The Balaban J connectivity index is 0.00000144. The van der Waals surface area contributed by atoms with Crippen molar-refractivity contribution in [2.45, 2.75) is 27.7 Å². The van der Waals surface area contributed by atoms with Crippen LogP contribution in [0.3, 0.4) is 0 Å². The van der Waals surface area contributed by atoms with Gasteiger partial charge in [-0.05, 0) is 49.9 Å². The summed E-state index contributed by atoms with van der Waals surface area (Å²) in [5, 5.41) is 0. The number of anilines is 1. The summed E-state index contributed by atoms with van der Waals surface area (Å²) in [6.45, 7) is 7.82. The second-order valence-electron chi connectivity index (χ2n) is 3.23. The molecule has 0 aromatic heterocycles. The molecule has 1 N–H and O–H groups in total. The molecule has 0 amide bonds. The van der Waals surface area contributed by atoms with E-state index in [1.165, 1.54) is 0 Å². The van der Waals surface area contributed by atoms with Crippen LogP contribution in [0.15, 0.2) is 6.07 Å². The summed E-state index contributed by atoms with van der Waals surface area (Å²) in [6, 6.07) is 2.07. The highest BCUT2D eigenvalue weighted by Crippen LogP contribution is 2.26. The van der Waals surface area contributed by atoms with Crippen LogP contribution in [0.25, 0.3) is 0 Å². The molecule has 1 aromatic carbocycles. The molecule has 0 aliphatic rings. The Kier molecular flexibility index (Phi) is 4.21. The molecule has 1 rings (SSSR count). The van der Waals surface area contributed by atoms with Crippen molar-refractivity contribution in [1.29, 1.82) is 0 Å². The van der Waals surface area contributed by atoms with Gasteiger partial charge < -0.3 is 0 Å². The fraction of sp³-hybridized carbons (Fsp3) is 0.400. The lowest BCUT2D eigenvalue weighted by molar-refractivity contribution is 0.615. The standard InChI is InChI=1S/C10H14FN.ClH/c1-6-5-7(2)9(4)10(12-11)8(6)3;/h5,12H,1-4H3;1H. The first-order valence-electron chi connectivity index (χ1n) is 4.02. The van der Waals surface area contributed by atoms with Gasteiger partial charge in [0, 0.05) is 0 Å². The number of nitrogens with one attached hydrogen (secondary N) is 1. The predicted octanol–water partition coefficient (Wildman–Crippen LogP) is 3.64. The zero-order valence-electron chi connectivity index (χ0n) is 8.36. The molecule has 0 saturated carbocycles. The van der Waals surface area contributed by atoms with Gasteiger partial charge in [0.1, 0.15) is 0 Å². The number of halogens is 2. The molecule has 0 aliphatic carbocycles. The van der Waals surface area contributed by atoms with E-state index in [-0.39, 0.29) is 12.4 Å². The summed E-state index contributed by atoms with van der Waals surface area (Å²) >= 11 is 0. The lowest BCUT2D eigenvalue weighted by Crippen LogP contribution is -1.96. The van der Waals surface area contributed by atoms with E-state index >= 15 is 0 Å². The average molecular weight is 204 g/mol. The average Bonchev–Trinajstić information content (AvgIpc) is 2.02. The van der Waals surface area contributed by atoms with E-state index in [1.54, 1.807) is 5.54 Å². The van der Waals surface area contributed by atoms with E-state index in [0.717, 1.165) is 22.3 Å². The first kappa shape index (κ1) is 12.2. The zero-order chi connectivity index (χ0) is 9.30. The largest absolute Gasteiger partial charge is 0.224 e. The van der Waals surface area contributed by atoms with Crippen molar-refractivity contribution in [2.24, 2.45) is 0 Å². The van der Waals surface area contributed by atoms with Crippen LogP contribution in [-0.2, 0) is 0 Å². The van der Waals surface area contributed by atoms with E-state index in [9.17, 15) is 4.48 Å². The van der Waals surface area contributed by atoms with E-state index < -0.39 is 0 Å². The highest BCUT2D eigenvalue weighted by molar-refractivity contribution is 5.85. The highest BCUT2D eigenvalue weighted by Gasteiger charge is 2.06. The Morgan fingerprint density at radius 3 is 1.69 bits per heavy atom. The third-order valence-corrected chi connectivity index (χ3v) is 2.46. The van der Waals surface area contributed by atoms with Gasteiger partial charge in [-0.25, -0.2) is 5.54 Å². The van der Waals surface area contributed by atoms with Crippen LogP contribution in [0.2, 0.25) is 0 Å². The number of benzene rings is 1. The highest BCUT2D eigenvalue weighted by atomic mass is 35.5. The minimum Gasteiger partial charge on any atom is -0.224 e. The maximum Gasteiger partial charge on any atom is 0.0719 e. The fourth-order valence-corrected chi connectivity index (χ4v) is 1.36. The van der Waals surface area contributed by atoms with Crippen LogP contribution >= 0.6 is 12.4 Å². The van der Waals surface area contributed by atoms with Crippen molar-refractivity contribution in [3.8, 4) is 0 Å². The maximum absolute atomic E-state index is 12.4. The summed E-state index contributed by atoms with van der Waals surface area (Å²) in [6.07, 6.45) is 0. The zero-order valence-corrected chi connectivity index (χ0v) is 9.18. The van der Waals surface area contributed by atoms with Crippen LogP contribution in [0, 0.1) is 27.7 Å². The molecule has 13 heavy (non-hydrogen) atoms. The smallest absolute Gasteiger partial charge is 0.0719 e. The minimum atomic E-state index is 0. The molecule has 0 heterocycles. The summed E-state index contributed by atoms with van der Waals surface area (Å²) in [4.78, 5) is 0. The van der Waals surface area contributed by atoms with E-state index in [1.807, 2.05) is 27.7 Å². The summed E-state index contributed by atoms with van der Waals surface area (Å²) < 4.78 is 12.4. The first-order valence-corrected chi connectivity index (χ1v) is 4.02. The minimum absolute atomic E-state index is 0. The number of rotatable bonds is 1. The van der Waals surface area contributed by atoms with Crippen molar-refractivity contribution < 1.29 is 4.48 Å². The molecule has 0 radical (unpaired) electrons. The summed E-state index contributed by atoms with van der Waals surface area (Å²) in [7, 11) is 0. The van der Waals surface area contributed by atoms with Gasteiger partial charge >= 0.3 is 0 Å². The van der Waals surface area contributed by atoms with Gasteiger partial charge in [-0.3, -0.25) is 0 Å². The number of hydrogen-bond donors (Lipinski definition) is 1. The van der Waals surface area contributed by atoms with Crippen molar-refractivity contribution in [1.82, 2.24) is 0 Å². The second kappa shape index (κ2) is 4.47. The summed E-state index contributed by atoms with van der Waals surface area (Å²) in [5.74, 6) is 0. The SMILES string of the molecule is Cc1cc(C)c(C)c(NF)c1C.Cl. The Bertz CT molecular complexity index is 284. The molecule has 0 spiro atoms. The van der Waals surface area contributed by atoms with Crippen molar-refractivity contribution in [3.63, 3.8) is 0 Å². The topological polar surface area (TPSA) is 12.0 Å². The monoisotopic (exact) mass is 203 g/mol. The Morgan fingerprint density at radius 1 is 1.00 bits per heavy atom. The normalized spacial score (nSPS) is 9.31. The van der Waals surface area contributed by atoms with Gasteiger partial charge in [0.05, 0.1) is 5.69 Å². The van der Waals surface area contributed by atoms with Gasteiger partial charge in [0.25, 0.3) is 0 Å². The van der Waals surface area contributed by atoms with Crippen LogP contribution in [0.4, 0.5) is 10.2 Å². The molecule has 0 aliphatic heterocycles. The van der Waals surface area contributed by atoms with Crippen LogP contribution in [0.1, 0.15) is 22.3 Å². The first-order chi connectivity index (χ1) is 5.57. The molecule has 0 saturated heterocycles. The molecule has 1 nitrogen and oxygen atoms in total. The molecule has 74 valence electrons. The lowest BCUT2D eigenvalue weighted by atomic mass is 9.99. The van der Waals surface area contributed by atoms with Gasteiger partial charge in [-0.2, -0.15) is 0 Å². The Hall–Kier alpha value is -0.760. The molecular weight excluding hydrogens is 189 g/mol. The fourth-order valence-electron chi connectivity index (χ4n) is 1.36. The van der Waals surface area contributed by atoms with Gasteiger partial charge in [-0.1, -0.05) is 6.07 Å². The predicted molar refractivity (Wildman–Crippen MR) is 57.4 cm³/mol. The second-order valence-corrected chi connectivity index (χ2v) is 3.23. The van der Waals surface area contributed by atoms with Gasteiger partial charge in [0.15, 0.2) is 0 Å². The van der Waals surface area contributed by atoms with E-state index in [2.05, 4.69) is 6.07 Å². The molecular formula is C10H15ClFN. The lowest BCUT2D eigenvalue weighted by Gasteiger charge is -2.12. The quantitative estimate of drug-likeness (QED) is 0.688. The van der Waals surface area contributed by atoms with E-state index in [0.29, 0.717) is 5.69 Å². The van der Waals surface area contributed by atoms with Gasteiger partial charge in [-0.15, -0.1) is 16.9 Å². The molecule has 0 atom stereocenters. The number of aryl methyl sites for hydroxylation is 2. The maximum atomic E-state index is 12.4. The Labute approximate surface area is 84.7 Å². The van der Waals surface area contributed by atoms with Crippen LogP contribution in [0.5, 0.6) is 0 Å². The number of hydrogen-bond acceptors (Lipinski definition) is 1. The van der Waals surface area contributed by atoms with Crippen molar-refractivity contribution in [2.75, 3.05) is 5.54 Å². The van der Waals surface area contributed by atoms with Crippen LogP contribution in [-0.4, -0.2) is 0 Å². The van der Waals surface area contributed by atoms with Crippen molar-refractivity contribution in [3.05, 3.63) is 28.3 Å². The molecule has 0 bridgehead atoms.